The highest BCUT2D eigenvalue weighted by Gasteiger charge is 2.24. The van der Waals surface area contributed by atoms with Crippen LogP contribution in [0.25, 0.3) is 81.7 Å². The van der Waals surface area contributed by atoms with Crippen LogP contribution in [-0.4, -0.2) is 4.57 Å². The zero-order valence-corrected chi connectivity index (χ0v) is 27.6. The number of furan rings is 1. The lowest BCUT2D eigenvalue weighted by Gasteiger charge is -2.28. The van der Waals surface area contributed by atoms with E-state index in [2.05, 4.69) is 185 Å². The van der Waals surface area contributed by atoms with Crippen LogP contribution in [0.4, 0.5) is 17.1 Å². The van der Waals surface area contributed by atoms with Crippen molar-refractivity contribution < 1.29 is 4.42 Å². The van der Waals surface area contributed by atoms with Gasteiger partial charge in [-0.2, -0.15) is 0 Å². The Morgan fingerprint density at radius 3 is 1.94 bits per heavy atom. The lowest BCUT2D eigenvalue weighted by Crippen LogP contribution is -2.11. The van der Waals surface area contributed by atoms with Crippen molar-refractivity contribution in [1.29, 1.82) is 0 Å². The van der Waals surface area contributed by atoms with Gasteiger partial charge in [0.2, 0.25) is 0 Å². The third kappa shape index (κ3) is 4.12. The fourth-order valence-corrected chi connectivity index (χ4v) is 8.31. The summed E-state index contributed by atoms with van der Waals surface area (Å²) in [5, 5.41) is 12.0. The van der Waals surface area contributed by atoms with E-state index in [1.165, 1.54) is 48.6 Å². The van der Waals surface area contributed by atoms with Gasteiger partial charge < -0.3 is 13.9 Å². The first-order valence-corrected chi connectivity index (χ1v) is 17.4. The fraction of sp³-hybridized carbons (Fsp3) is 0. The Bertz CT molecular complexity index is 3150. The van der Waals surface area contributed by atoms with Gasteiger partial charge in [-0.3, -0.25) is 0 Å². The summed E-state index contributed by atoms with van der Waals surface area (Å²) < 4.78 is 9.17. The van der Waals surface area contributed by atoms with Crippen molar-refractivity contribution >= 4 is 93.1 Å². The van der Waals surface area contributed by atoms with Crippen molar-refractivity contribution in [3.63, 3.8) is 0 Å². The third-order valence-electron chi connectivity index (χ3n) is 10.5. The molecule has 2 heterocycles. The van der Waals surface area contributed by atoms with E-state index in [9.17, 15) is 0 Å². The first-order valence-electron chi connectivity index (χ1n) is 17.4. The van der Waals surface area contributed by atoms with E-state index in [-0.39, 0.29) is 0 Å². The van der Waals surface area contributed by atoms with Gasteiger partial charge in [-0.1, -0.05) is 133 Å². The lowest BCUT2D eigenvalue weighted by atomic mass is 9.94. The monoisotopic (exact) mass is 650 g/mol. The molecular formula is C48H30N2O. The highest BCUT2D eigenvalue weighted by molar-refractivity contribution is 6.24. The first kappa shape index (κ1) is 28.0. The molecule has 51 heavy (non-hydrogen) atoms. The second kappa shape index (κ2) is 10.8. The zero-order valence-electron chi connectivity index (χ0n) is 27.6. The SMILES string of the molecule is c1ccc(-n2c3ccccc3c3ccc(N(c4cccc5c4oc4ccccc45)c4cc5ccccc5c5ccc6ccccc6c45)cc32)cc1. The number of fused-ring (bicyclic) bond motifs is 11. The number of nitrogens with zero attached hydrogens (tertiary/aromatic N) is 2. The molecule has 11 rings (SSSR count). The molecule has 0 aliphatic heterocycles. The maximum Gasteiger partial charge on any atom is 0.159 e. The number of para-hydroxylation sites is 4. The molecule has 3 heteroatoms. The van der Waals surface area contributed by atoms with Crippen LogP contribution in [-0.2, 0) is 0 Å². The molecular weight excluding hydrogens is 621 g/mol. The number of rotatable bonds is 4. The predicted octanol–water partition coefficient (Wildman–Crippen LogP) is 13.6. The maximum absolute atomic E-state index is 6.78. The van der Waals surface area contributed by atoms with Gasteiger partial charge in [0, 0.05) is 38.3 Å². The minimum atomic E-state index is 0.865. The van der Waals surface area contributed by atoms with Gasteiger partial charge in [-0.05, 0) is 75.5 Å². The first-order chi connectivity index (χ1) is 25.3. The molecule has 0 aliphatic carbocycles. The molecule has 0 atom stereocenters. The summed E-state index contributed by atoms with van der Waals surface area (Å²) in [5.74, 6) is 0. The lowest BCUT2D eigenvalue weighted by molar-refractivity contribution is 0.669. The van der Waals surface area contributed by atoms with Gasteiger partial charge in [0.1, 0.15) is 5.58 Å². The Hall–Kier alpha value is -6.84. The molecule has 0 saturated carbocycles. The smallest absolute Gasteiger partial charge is 0.159 e. The summed E-state index contributed by atoms with van der Waals surface area (Å²) >= 11 is 0. The van der Waals surface area contributed by atoms with Gasteiger partial charge in [0.15, 0.2) is 5.58 Å². The summed E-state index contributed by atoms with van der Waals surface area (Å²) in [4.78, 5) is 2.43. The molecule has 238 valence electrons. The highest BCUT2D eigenvalue weighted by atomic mass is 16.3. The Morgan fingerprint density at radius 2 is 1.06 bits per heavy atom. The molecule has 0 bridgehead atoms. The van der Waals surface area contributed by atoms with Crippen molar-refractivity contribution in [3.05, 3.63) is 182 Å². The standard InChI is InChI=1S/C48H30N2O/c1-2-15-33(16-3-1)49-42-22-10-8-19-37(42)38-28-26-34(30-44(38)49)50(43-23-12-21-41-39-20-9-11-24-46(39)51-48(41)43)45-29-32-14-5-6-17-35(32)40-27-25-31-13-4-7-18-36(31)47(40)45/h1-30H. The second-order valence-corrected chi connectivity index (χ2v) is 13.3. The van der Waals surface area contributed by atoms with Crippen molar-refractivity contribution in [2.45, 2.75) is 0 Å². The predicted molar refractivity (Wildman–Crippen MR) is 215 cm³/mol. The quantitative estimate of drug-likeness (QED) is 0.177. The molecule has 11 aromatic rings. The Morgan fingerprint density at radius 1 is 0.392 bits per heavy atom. The van der Waals surface area contributed by atoms with Crippen molar-refractivity contribution in [2.24, 2.45) is 0 Å². The van der Waals surface area contributed by atoms with Crippen molar-refractivity contribution in [3.8, 4) is 5.69 Å². The topological polar surface area (TPSA) is 21.3 Å². The zero-order chi connectivity index (χ0) is 33.5. The minimum absolute atomic E-state index is 0.865. The summed E-state index contributed by atoms with van der Waals surface area (Å²) in [6.45, 7) is 0. The van der Waals surface area contributed by atoms with E-state index in [1.54, 1.807) is 0 Å². The average Bonchev–Trinajstić information content (AvgIpc) is 3.74. The van der Waals surface area contributed by atoms with Gasteiger partial charge in [0.25, 0.3) is 0 Å². The van der Waals surface area contributed by atoms with Crippen LogP contribution in [0.15, 0.2) is 186 Å². The Labute approximate surface area is 293 Å². The van der Waals surface area contributed by atoms with Gasteiger partial charge in [-0.15, -0.1) is 0 Å². The van der Waals surface area contributed by atoms with Gasteiger partial charge in [-0.25, -0.2) is 0 Å². The number of benzene rings is 9. The molecule has 3 nitrogen and oxygen atoms in total. The Kier molecular flexibility index (Phi) is 5.96. The van der Waals surface area contributed by atoms with Crippen LogP contribution in [0.2, 0.25) is 0 Å². The molecule has 0 amide bonds. The average molecular weight is 651 g/mol. The summed E-state index contributed by atoms with van der Waals surface area (Å²) in [6, 6.07) is 65.6. The summed E-state index contributed by atoms with van der Waals surface area (Å²) in [5.41, 5.74) is 8.37. The third-order valence-corrected chi connectivity index (χ3v) is 10.5. The summed E-state index contributed by atoms with van der Waals surface area (Å²) in [7, 11) is 0. The van der Waals surface area contributed by atoms with E-state index in [0.29, 0.717) is 0 Å². The van der Waals surface area contributed by atoms with E-state index >= 15 is 0 Å². The Balaban J connectivity index is 1.31. The number of hydrogen-bond donors (Lipinski definition) is 0. The molecule has 2 aromatic heterocycles. The molecule has 0 aliphatic rings. The second-order valence-electron chi connectivity index (χ2n) is 13.3. The molecule has 0 N–H and O–H groups in total. The molecule has 0 unspecified atom stereocenters. The molecule has 0 radical (unpaired) electrons. The van der Waals surface area contributed by atoms with E-state index in [4.69, 9.17) is 4.42 Å². The van der Waals surface area contributed by atoms with Crippen LogP contribution in [0.5, 0.6) is 0 Å². The van der Waals surface area contributed by atoms with E-state index in [1.807, 2.05) is 6.07 Å². The van der Waals surface area contributed by atoms with E-state index in [0.717, 1.165) is 50.2 Å². The van der Waals surface area contributed by atoms with Crippen molar-refractivity contribution in [1.82, 2.24) is 4.57 Å². The summed E-state index contributed by atoms with van der Waals surface area (Å²) in [6.07, 6.45) is 0. The van der Waals surface area contributed by atoms with Crippen LogP contribution < -0.4 is 4.90 Å². The number of anilines is 3. The largest absolute Gasteiger partial charge is 0.454 e. The molecule has 0 spiro atoms. The highest BCUT2D eigenvalue weighted by Crippen LogP contribution is 2.48. The van der Waals surface area contributed by atoms with Crippen LogP contribution in [0.1, 0.15) is 0 Å². The number of aromatic nitrogens is 1. The normalized spacial score (nSPS) is 11.9. The minimum Gasteiger partial charge on any atom is -0.454 e. The molecule has 0 fully saturated rings. The fourth-order valence-electron chi connectivity index (χ4n) is 8.31. The molecule has 0 saturated heterocycles. The van der Waals surface area contributed by atoms with Gasteiger partial charge in [0.05, 0.1) is 22.4 Å². The van der Waals surface area contributed by atoms with Crippen LogP contribution in [0.3, 0.4) is 0 Å². The molecule has 9 aromatic carbocycles. The maximum atomic E-state index is 6.78. The van der Waals surface area contributed by atoms with E-state index < -0.39 is 0 Å². The number of hydrogen-bond acceptors (Lipinski definition) is 2. The van der Waals surface area contributed by atoms with Crippen molar-refractivity contribution in [2.75, 3.05) is 4.90 Å². The van der Waals surface area contributed by atoms with Crippen LogP contribution in [0, 0.1) is 0 Å². The van der Waals surface area contributed by atoms with Crippen LogP contribution >= 0.6 is 0 Å². The van der Waals surface area contributed by atoms with Gasteiger partial charge >= 0.3 is 0 Å².